The molecule has 0 radical (unpaired) electrons. The molecule has 3 rings (SSSR count). The molecule has 1 atom stereocenters. The van der Waals surface area contributed by atoms with E-state index in [0.29, 0.717) is 23.1 Å². The van der Waals surface area contributed by atoms with Crippen LogP contribution in [0.3, 0.4) is 0 Å². The van der Waals surface area contributed by atoms with Crippen LogP contribution in [0.25, 0.3) is 0 Å². The van der Waals surface area contributed by atoms with Crippen molar-refractivity contribution < 1.29 is 9.53 Å². The largest absolute Gasteiger partial charge is 0.441 e. The number of carbonyl (C=O) groups excluding carboxylic acids is 1. The Kier molecular flexibility index (Phi) is 8.30. The zero-order valence-corrected chi connectivity index (χ0v) is 18.5. The van der Waals surface area contributed by atoms with Gasteiger partial charge in [0.2, 0.25) is 5.91 Å². The first kappa shape index (κ1) is 22.6. The van der Waals surface area contributed by atoms with Crippen molar-refractivity contribution in [2.75, 3.05) is 26.7 Å². The molecule has 0 aromatic heterocycles. The summed E-state index contributed by atoms with van der Waals surface area (Å²) in [6, 6.07) is 6.79. The summed E-state index contributed by atoms with van der Waals surface area (Å²) >= 11 is 0. The number of nitrogens with two attached hydrogens (primary N) is 1. The first-order chi connectivity index (χ1) is 15.0. The molecule has 3 N–H and O–H groups in total. The number of carbonyl (C=O) groups is 1. The van der Waals surface area contributed by atoms with Gasteiger partial charge in [0, 0.05) is 25.7 Å². The average molecular weight is 420 g/mol. The highest BCUT2D eigenvalue weighted by Crippen LogP contribution is 2.27. The molecule has 1 aromatic rings. The molecule has 1 aliphatic carbocycles. The van der Waals surface area contributed by atoms with Crippen LogP contribution in [-0.4, -0.2) is 37.5 Å². The molecule has 1 saturated heterocycles. The zero-order valence-electron chi connectivity index (χ0n) is 18.5. The summed E-state index contributed by atoms with van der Waals surface area (Å²) in [5, 5.41) is 3.07. The van der Waals surface area contributed by atoms with E-state index in [2.05, 4.69) is 53.6 Å². The quantitative estimate of drug-likeness (QED) is 0.374. The Bertz CT molecular complexity index is 907. The Hall–Kier alpha value is -3.05. The maximum absolute atomic E-state index is 11.2. The van der Waals surface area contributed by atoms with Crippen molar-refractivity contribution in [2.24, 2.45) is 11.7 Å². The standard InChI is InChI=1S/C26H33N3O2/c1-20(10-15-25(28-2)31-24-13-11-22(12-14-24)26(27)30)18-29-17-16-23(19-29)21-8-6-4-3-5-7-9-21/h4-8,10-15,23,28H,3,9,16-19H2,1-2H3,(H2,27,30)/b6-4-,7-5-,20-10+,21-8+,25-15+. The molecule has 164 valence electrons. The van der Waals surface area contributed by atoms with Gasteiger partial charge in [-0.25, -0.2) is 0 Å². The molecule has 5 heteroatoms. The van der Waals surface area contributed by atoms with Crippen molar-refractivity contribution in [2.45, 2.75) is 26.2 Å². The molecule has 0 bridgehead atoms. The number of rotatable bonds is 8. The number of hydrogen-bond donors (Lipinski definition) is 2. The van der Waals surface area contributed by atoms with E-state index in [1.807, 2.05) is 13.1 Å². The molecule has 0 spiro atoms. The summed E-state index contributed by atoms with van der Waals surface area (Å²) in [6.07, 6.45) is 18.7. The van der Waals surface area contributed by atoms with Gasteiger partial charge in [0.1, 0.15) is 5.75 Å². The normalized spacial score (nSPS) is 23.9. The highest BCUT2D eigenvalue weighted by atomic mass is 16.5. The molecular weight excluding hydrogens is 386 g/mol. The minimum Gasteiger partial charge on any atom is -0.441 e. The lowest BCUT2D eigenvalue weighted by Crippen LogP contribution is -2.23. The van der Waals surface area contributed by atoms with Crippen LogP contribution < -0.4 is 15.8 Å². The van der Waals surface area contributed by atoms with Gasteiger partial charge in [-0.05, 0) is 69.0 Å². The highest BCUT2D eigenvalue weighted by Gasteiger charge is 2.24. The van der Waals surface area contributed by atoms with Gasteiger partial charge in [0.25, 0.3) is 0 Å². The van der Waals surface area contributed by atoms with Gasteiger partial charge < -0.3 is 15.8 Å². The van der Waals surface area contributed by atoms with Crippen LogP contribution in [-0.2, 0) is 0 Å². The maximum Gasteiger partial charge on any atom is 0.248 e. The fourth-order valence-corrected chi connectivity index (χ4v) is 3.92. The smallest absolute Gasteiger partial charge is 0.248 e. The molecule has 1 heterocycles. The molecule has 2 aliphatic rings. The van der Waals surface area contributed by atoms with E-state index in [0.717, 1.165) is 32.5 Å². The van der Waals surface area contributed by atoms with E-state index in [9.17, 15) is 4.79 Å². The van der Waals surface area contributed by atoms with Crippen LogP contribution in [0.2, 0.25) is 0 Å². The number of likely N-dealkylation sites (tertiary alicyclic amines) is 1. The SMILES string of the molecule is CN/C(=C\C=C(/C)CN1CCC(/C2=C/C=C\C/C=C\C2)C1)Oc1ccc(C(N)=O)cc1. The van der Waals surface area contributed by atoms with Crippen LogP contribution in [0, 0.1) is 5.92 Å². The van der Waals surface area contributed by atoms with E-state index in [1.54, 1.807) is 29.8 Å². The third kappa shape index (κ3) is 7.00. The number of allylic oxidation sites excluding steroid dienone is 7. The van der Waals surface area contributed by atoms with Crippen LogP contribution in [0.15, 0.2) is 83.8 Å². The number of ether oxygens (including phenoxy) is 1. The Labute approximate surface area is 185 Å². The Morgan fingerprint density at radius 2 is 2.03 bits per heavy atom. The van der Waals surface area contributed by atoms with Gasteiger partial charge in [-0.3, -0.25) is 9.69 Å². The van der Waals surface area contributed by atoms with E-state index in [1.165, 1.54) is 12.0 Å². The zero-order chi connectivity index (χ0) is 22.1. The number of nitrogens with zero attached hydrogens (tertiary/aromatic N) is 1. The molecule has 1 aromatic carbocycles. The summed E-state index contributed by atoms with van der Waals surface area (Å²) in [5.74, 6) is 1.49. The molecule has 5 nitrogen and oxygen atoms in total. The molecule has 0 saturated carbocycles. The summed E-state index contributed by atoms with van der Waals surface area (Å²) in [6.45, 7) is 5.35. The Morgan fingerprint density at radius 3 is 2.77 bits per heavy atom. The number of benzene rings is 1. The third-order valence-electron chi connectivity index (χ3n) is 5.64. The second-order valence-corrected chi connectivity index (χ2v) is 8.09. The van der Waals surface area contributed by atoms with Crippen molar-refractivity contribution in [1.82, 2.24) is 10.2 Å². The number of amides is 1. The Morgan fingerprint density at radius 1 is 1.23 bits per heavy atom. The predicted molar refractivity (Wildman–Crippen MR) is 127 cm³/mol. The second-order valence-electron chi connectivity index (χ2n) is 8.09. The molecule has 1 aliphatic heterocycles. The molecular formula is C26H33N3O2. The average Bonchev–Trinajstić information content (AvgIpc) is 3.19. The fraction of sp³-hybridized carbons (Fsp3) is 0.346. The first-order valence-corrected chi connectivity index (χ1v) is 10.9. The van der Waals surface area contributed by atoms with Crippen molar-refractivity contribution >= 4 is 5.91 Å². The lowest BCUT2D eigenvalue weighted by atomic mass is 9.94. The summed E-state index contributed by atoms with van der Waals surface area (Å²) in [4.78, 5) is 13.7. The minimum absolute atomic E-state index is 0.447. The van der Waals surface area contributed by atoms with Crippen molar-refractivity contribution in [3.8, 4) is 5.75 Å². The summed E-state index contributed by atoms with van der Waals surface area (Å²) in [7, 11) is 1.82. The van der Waals surface area contributed by atoms with Crippen molar-refractivity contribution in [1.29, 1.82) is 0 Å². The molecule has 1 fully saturated rings. The van der Waals surface area contributed by atoms with Crippen LogP contribution in [0.5, 0.6) is 5.75 Å². The van der Waals surface area contributed by atoms with Crippen LogP contribution >= 0.6 is 0 Å². The lowest BCUT2D eigenvalue weighted by molar-refractivity contribution is 0.100. The van der Waals surface area contributed by atoms with Gasteiger partial charge in [-0.1, -0.05) is 47.6 Å². The summed E-state index contributed by atoms with van der Waals surface area (Å²) < 4.78 is 5.86. The van der Waals surface area contributed by atoms with Gasteiger partial charge in [-0.15, -0.1) is 0 Å². The van der Waals surface area contributed by atoms with Gasteiger partial charge in [-0.2, -0.15) is 0 Å². The first-order valence-electron chi connectivity index (χ1n) is 10.9. The number of hydrogen-bond acceptors (Lipinski definition) is 4. The van der Waals surface area contributed by atoms with Crippen LogP contribution in [0.4, 0.5) is 0 Å². The van der Waals surface area contributed by atoms with E-state index >= 15 is 0 Å². The predicted octanol–water partition coefficient (Wildman–Crippen LogP) is 4.33. The minimum atomic E-state index is -0.447. The van der Waals surface area contributed by atoms with Crippen molar-refractivity contribution in [3.05, 3.63) is 89.4 Å². The van der Waals surface area contributed by atoms with Gasteiger partial charge >= 0.3 is 0 Å². The number of nitrogens with one attached hydrogen (secondary N) is 1. The number of primary amides is 1. The highest BCUT2D eigenvalue weighted by molar-refractivity contribution is 5.92. The maximum atomic E-state index is 11.2. The van der Waals surface area contributed by atoms with E-state index < -0.39 is 5.91 Å². The third-order valence-corrected chi connectivity index (χ3v) is 5.64. The fourth-order valence-electron chi connectivity index (χ4n) is 3.92. The van der Waals surface area contributed by atoms with Crippen molar-refractivity contribution in [3.63, 3.8) is 0 Å². The topological polar surface area (TPSA) is 67.6 Å². The van der Waals surface area contributed by atoms with Gasteiger partial charge in [0.15, 0.2) is 5.88 Å². The molecule has 1 unspecified atom stereocenters. The van der Waals surface area contributed by atoms with E-state index in [4.69, 9.17) is 10.5 Å². The van der Waals surface area contributed by atoms with Crippen LogP contribution in [0.1, 0.15) is 36.5 Å². The van der Waals surface area contributed by atoms with Gasteiger partial charge in [0.05, 0.1) is 0 Å². The van der Waals surface area contributed by atoms with E-state index in [-0.39, 0.29) is 0 Å². The Balaban J connectivity index is 1.54. The second kappa shape index (κ2) is 11.4. The monoisotopic (exact) mass is 419 g/mol. The summed E-state index contributed by atoms with van der Waals surface area (Å²) in [5.41, 5.74) is 8.57. The lowest BCUT2D eigenvalue weighted by Gasteiger charge is -2.18. The molecule has 1 amide bonds. The molecule has 31 heavy (non-hydrogen) atoms.